The molecule has 1 saturated heterocycles. The molecule has 0 radical (unpaired) electrons. The zero-order valence-corrected chi connectivity index (χ0v) is 11.9. The first-order valence-electron chi connectivity index (χ1n) is 5.73. The van der Waals surface area contributed by atoms with E-state index in [4.69, 9.17) is 9.26 Å². The quantitative estimate of drug-likeness (QED) is 0.806. The molecule has 0 bridgehead atoms. The fraction of sp³-hybridized carbons (Fsp3) is 0.818. The Balaban J connectivity index is 2.32. The molecule has 6 nitrogen and oxygen atoms in total. The van der Waals surface area contributed by atoms with Crippen molar-refractivity contribution in [2.24, 2.45) is 0 Å². The molecule has 0 spiro atoms. The summed E-state index contributed by atoms with van der Waals surface area (Å²) < 4.78 is 33.3. The highest BCUT2D eigenvalue weighted by Crippen LogP contribution is 2.33. The van der Waals surface area contributed by atoms with Crippen LogP contribution in [0.5, 0.6) is 0 Å². The van der Waals surface area contributed by atoms with Crippen LogP contribution in [0.25, 0.3) is 0 Å². The lowest BCUT2D eigenvalue weighted by atomic mass is 9.88. The van der Waals surface area contributed by atoms with Gasteiger partial charge in [-0.25, -0.2) is 8.42 Å². The van der Waals surface area contributed by atoms with Crippen molar-refractivity contribution < 1.29 is 17.7 Å². The molecule has 2 heterocycles. The summed E-state index contributed by atoms with van der Waals surface area (Å²) in [6, 6.07) is 0. The van der Waals surface area contributed by atoms with E-state index in [1.54, 1.807) is 0 Å². The van der Waals surface area contributed by atoms with Crippen molar-refractivity contribution in [1.82, 2.24) is 10.1 Å². The minimum atomic E-state index is -3.12. The highest BCUT2D eigenvalue weighted by molar-refractivity contribution is 7.90. The highest BCUT2D eigenvalue weighted by atomic mass is 32.2. The molecule has 0 aliphatic carbocycles. The molecule has 18 heavy (non-hydrogen) atoms. The summed E-state index contributed by atoms with van der Waals surface area (Å²) in [4.78, 5) is 4.34. The van der Waals surface area contributed by atoms with Crippen molar-refractivity contribution in [3.8, 4) is 0 Å². The van der Waals surface area contributed by atoms with Crippen LogP contribution >= 0.6 is 0 Å². The molecule has 1 aromatic heterocycles. The largest absolute Gasteiger partial charge is 0.379 e. The number of ether oxygens (including phenoxy) is 1. The Labute approximate surface area is 107 Å². The van der Waals surface area contributed by atoms with Gasteiger partial charge < -0.3 is 9.26 Å². The van der Waals surface area contributed by atoms with Gasteiger partial charge in [0.05, 0.1) is 19.0 Å². The number of hydrogen-bond acceptors (Lipinski definition) is 6. The summed E-state index contributed by atoms with van der Waals surface area (Å²) in [6.07, 6.45) is 1.20. The minimum absolute atomic E-state index is 0.0220. The molecule has 0 saturated carbocycles. The highest BCUT2D eigenvalue weighted by Gasteiger charge is 2.48. The fourth-order valence-corrected chi connectivity index (χ4v) is 3.16. The van der Waals surface area contributed by atoms with Crippen molar-refractivity contribution >= 4 is 9.84 Å². The van der Waals surface area contributed by atoms with Crippen LogP contribution in [0.1, 0.15) is 32.5 Å². The molecular weight excluding hydrogens is 256 g/mol. The first-order chi connectivity index (χ1) is 8.12. The Hall–Kier alpha value is -0.950. The average molecular weight is 274 g/mol. The van der Waals surface area contributed by atoms with Gasteiger partial charge in [-0.2, -0.15) is 4.98 Å². The molecule has 1 aromatic rings. The minimum Gasteiger partial charge on any atom is -0.379 e. The lowest BCUT2D eigenvalue weighted by Crippen LogP contribution is -2.51. The van der Waals surface area contributed by atoms with Crippen LogP contribution < -0.4 is 0 Å². The van der Waals surface area contributed by atoms with Crippen molar-refractivity contribution in [3.63, 3.8) is 0 Å². The van der Waals surface area contributed by atoms with Gasteiger partial charge >= 0.3 is 0 Å². The SMILES string of the molecule is CC(C)(C)c1noc(C2(CS(C)(=O)=O)COC2)n1. The van der Waals surface area contributed by atoms with Crippen LogP contribution in [0.15, 0.2) is 4.52 Å². The number of hydrogen-bond donors (Lipinski definition) is 0. The maximum Gasteiger partial charge on any atom is 0.238 e. The maximum atomic E-state index is 11.5. The second kappa shape index (κ2) is 4.03. The lowest BCUT2D eigenvalue weighted by molar-refractivity contribution is -0.0624. The molecule has 0 atom stereocenters. The van der Waals surface area contributed by atoms with Gasteiger partial charge in [0.1, 0.15) is 15.3 Å². The average Bonchev–Trinajstić information content (AvgIpc) is 2.57. The van der Waals surface area contributed by atoms with E-state index < -0.39 is 15.3 Å². The molecule has 0 unspecified atom stereocenters. The third kappa shape index (κ3) is 2.56. The van der Waals surface area contributed by atoms with E-state index >= 15 is 0 Å². The Morgan fingerprint density at radius 3 is 2.28 bits per heavy atom. The lowest BCUT2D eigenvalue weighted by Gasteiger charge is -2.37. The molecule has 0 amide bonds. The molecular formula is C11H18N2O4S. The number of nitrogens with zero attached hydrogens (tertiary/aromatic N) is 2. The number of aromatic nitrogens is 2. The van der Waals surface area contributed by atoms with Crippen LogP contribution in [0, 0.1) is 0 Å². The second-order valence-electron chi connectivity index (χ2n) is 6.02. The third-order valence-corrected chi connectivity index (χ3v) is 3.92. The molecule has 1 aliphatic heterocycles. The van der Waals surface area contributed by atoms with Gasteiger partial charge in [-0.1, -0.05) is 25.9 Å². The van der Waals surface area contributed by atoms with Gasteiger partial charge in [0.2, 0.25) is 5.89 Å². The predicted octanol–water partition coefficient (Wildman–Crippen LogP) is 0.680. The monoisotopic (exact) mass is 274 g/mol. The molecule has 0 aromatic carbocycles. The Kier molecular flexibility index (Phi) is 3.02. The van der Waals surface area contributed by atoms with E-state index in [-0.39, 0.29) is 11.2 Å². The third-order valence-electron chi connectivity index (χ3n) is 2.85. The summed E-state index contributed by atoms with van der Waals surface area (Å²) >= 11 is 0. The van der Waals surface area contributed by atoms with Gasteiger partial charge in [0, 0.05) is 11.7 Å². The van der Waals surface area contributed by atoms with Crippen molar-refractivity contribution in [1.29, 1.82) is 0 Å². The van der Waals surface area contributed by atoms with Crippen LogP contribution in [0.2, 0.25) is 0 Å². The predicted molar refractivity (Wildman–Crippen MR) is 65.2 cm³/mol. The number of rotatable bonds is 3. The Morgan fingerprint density at radius 2 is 1.94 bits per heavy atom. The normalized spacial score (nSPS) is 19.6. The summed E-state index contributed by atoms with van der Waals surface area (Å²) in [5.41, 5.74) is -0.886. The topological polar surface area (TPSA) is 82.3 Å². The zero-order chi connectivity index (χ0) is 13.6. The van der Waals surface area contributed by atoms with Crippen LogP contribution in [0.4, 0.5) is 0 Å². The molecule has 1 fully saturated rings. The first kappa shape index (κ1) is 13.5. The standard InChI is InChI=1S/C11H18N2O4S/c1-10(2,3)8-12-9(17-13-8)11(5-16-6-11)7-18(4,14)15/h5-7H2,1-4H3. The van der Waals surface area contributed by atoms with E-state index in [9.17, 15) is 8.42 Å². The summed E-state index contributed by atoms with van der Waals surface area (Å²) in [5, 5.41) is 3.93. The van der Waals surface area contributed by atoms with E-state index in [1.807, 2.05) is 20.8 Å². The van der Waals surface area contributed by atoms with Gasteiger partial charge in [-0.3, -0.25) is 0 Å². The first-order valence-corrected chi connectivity index (χ1v) is 7.79. The zero-order valence-electron chi connectivity index (χ0n) is 11.1. The van der Waals surface area contributed by atoms with Gasteiger partial charge in [-0.05, 0) is 0 Å². The van der Waals surface area contributed by atoms with Crippen molar-refractivity contribution in [2.45, 2.75) is 31.6 Å². The van der Waals surface area contributed by atoms with E-state index in [1.165, 1.54) is 6.26 Å². The molecule has 0 N–H and O–H groups in total. The second-order valence-corrected chi connectivity index (χ2v) is 8.16. The summed E-state index contributed by atoms with van der Waals surface area (Å²) in [5.74, 6) is 0.924. The fourth-order valence-electron chi connectivity index (χ4n) is 1.86. The summed E-state index contributed by atoms with van der Waals surface area (Å²) in [6.45, 7) is 6.55. The molecule has 2 rings (SSSR count). The summed E-state index contributed by atoms with van der Waals surface area (Å²) in [7, 11) is -3.12. The molecule has 7 heteroatoms. The molecule has 102 valence electrons. The van der Waals surface area contributed by atoms with Gasteiger partial charge in [0.15, 0.2) is 5.82 Å². The van der Waals surface area contributed by atoms with E-state index in [0.717, 1.165) is 0 Å². The van der Waals surface area contributed by atoms with Crippen LogP contribution in [0.3, 0.4) is 0 Å². The number of sulfone groups is 1. The van der Waals surface area contributed by atoms with Gasteiger partial charge in [-0.15, -0.1) is 0 Å². The van der Waals surface area contributed by atoms with E-state index in [0.29, 0.717) is 24.9 Å². The maximum absolute atomic E-state index is 11.5. The van der Waals surface area contributed by atoms with E-state index in [2.05, 4.69) is 10.1 Å². The molecule has 1 aliphatic rings. The smallest absolute Gasteiger partial charge is 0.238 e. The van der Waals surface area contributed by atoms with Crippen LogP contribution in [-0.4, -0.2) is 43.8 Å². The van der Waals surface area contributed by atoms with Gasteiger partial charge in [0.25, 0.3) is 0 Å². The van der Waals surface area contributed by atoms with Crippen molar-refractivity contribution in [3.05, 3.63) is 11.7 Å². The Bertz CT molecular complexity index is 538. The van der Waals surface area contributed by atoms with Crippen molar-refractivity contribution in [2.75, 3.05) is 25.2 Å². The Morgan fingerprint density at radius 1 is 1.33 bits per heavy atom. The van der Waals surface area contributed by atoms with Crippen LogP contribution in [-0.2, 0) is 25.4 Å².